The minimum absolute atomic E-state index is 0.124. The molecule has 0 radical (unpaired) electrons. The molecular weight excluding hydrogens is 236 g/mol. The lowest BCUT2D eigenvalue weighted by Crippen LogP contribution is -2.18. The van der Waals surface area contributed by atoms with Crippen LogP contribution in [-0.2, 0) is 16.0 Å². The molecule has 1 aliphatic rings. The maximum absolute atomic E-state index is 10.4. The molecule has 1 aliphatic heterocycles. The second-order valence-corrected chi connectivity index (χ2v) is 5.18. The normalized spacial score (nSPS) is 18.7. The van der Waals surface area contributed by atoms with E-state index in [9.17, 15) is 4.79 Å². The zero-order valence-corrected chi connectivity index (χ0v) is 10.4. The standard InChI is InChI=1S/C13H16O3S/c14-13(15)6-8-17-9-12-11-4-2-1-3-10(11)5-7-16-12/h1-4,12H,5-9H2,(H,14,15). The highest BCUT2D eigenvalue weighted by Gasteiger charge is 2.19. The Morgan fingerprint density at radius 2 is 2.29 bits per heavy atom. The fourth-order valence-electron chi connectivity index (χ4n) is 1.96. The number of carboxylic acid groups (broad SMARTS) is 1. The van der Waals surface area contributed by atoms with Gasteiger partial charge in [-0.2, -0.15) is 11.8 Å². The summed E-state index contributed by atoms with van der Waals surface area (Å²) in [6.45, 7) is 0.765. The summed E-state index contributed by atoms with van der Waals surface area (Å²) in [5, 5.41) is 8.56. The second-order valence-electron chi connectivity index (χ2n) is 4.03. The van der Waals surface area contributed by atoms with Crippen LogP contribution in [0.2, 0.25) is 0 Å². The van der Waals surface area contributed by atoms with Crippen molar-refractivity contribution in [3.63, 3.8) is 0 Å². The molecule has 1 unspecified atom stereocenters. The first-order valence-electron chi connectivity index (χ1n) is 5.76. The van der Waals surface area contributed by atoms with E-state index in [1.54, 1.807) is 11.8 Å². The number of ether oxygens (including phenoxy) is 1. The van der Waals surface area contributed by atoms with Gasteiger partial charge in [-0.15, -0.1) is 0 Å². The van der Waals surface area contributed by atoms with Crippen molar-refractivity contribution in [3.05, 3.63) is 35.4 Å². The predicted octanol–water partition coefficient (Wildman–Crippen LogP) is 2.51. The molecule has 0 bridgehead atoms. The van der Waals surface area contributed by atoms with Crippen LogP contribution in [0.1, 0.15) is 23.7 Å². The van der Waals surface area contributed by atoms with Gasteiger partial charge >= 0.3 is 5.97 Å². The number of hydrogen-bond acceptors (Lipinski definition) is 3. The zero-order chi connectivity index (χ0) is 12.1. The highest BCUT2D eigenvalue weighted by molar-refractivity contribution is 7.99. The van der Waals surface area contributed by atoms with Crippen LogP contribution in [0.25, 0.3) is 0 Å². The van der Waals surface area contributed by atoms with Crippen molar-refractivity contribution >= 4 is 17.7 Å². The lowest BCUT2D eigenvalue weighted by atomic mass is 9.99. The molecule has 0 spiro atoms. The van der Waals surface area contributed by atoms with Gasteiger partial charge in [-0.25, -0.2) is 0 Å². The number of rotatable bonds is 5. The third kappa shape index (κ3) is 3.48. The molecule has 92 valence electrons. The molecule has 1 heterocycles. The smallest absolute Gasteiger partial charge is 0.304 e. The van der Waals surface area contributed by atoms with Gasteiger partial charge in [0.2, 0.25) is 0 Å². The molecule has 3 nitrogen and oxygen atoms in total. The molecule has 1 aromatic rings. The van der Waals surface area contributed by atoms with Crippen molar-refractivity contribution in [1.29, 1.82) is 0 Å². The summed E-state index contributed by atoms with van der Waals surface area (Å²) in [7, 11) is 0. The number of carbonyl (C=O) groups is 1. The highest BCUT2D eigenvalue weighted by Crippen LogP contribution is 2.29. The van der Waals surface area contributed by atoms with Gasteiger partial charge in [-0.3, -0.25) is 4.79 Å². The molecule has 0 amide bonds. The van der Waals surface area contributed by atoms with E-state index in [2.05, 4.69) is 18.2 Å². The predicted molar refractivity (Wildman–Crippen MR) is 68.4 cm³/mol. The van der Waals surface area contributed by atoms with E-state index in [1.165, 1.54) is 11.1 Å². The molecule has 0 aromatic heterocycles. The maximum atomic E-state index is 10.4. The summed E-state index contributed by atoms with van der Waals surface area (Å²) in [6, 6.07) is 8.34. The summed E-state index contributed by atoms with van der Waals surface area (Å²) in [6.07, 6.45) is 1.32. The molecule has 0 fully saturated rings. The van der Waals surface area contributed by atoms with E-state index < -0.39 is 5.97 Å². The van der Waals surface area contributed by atoms with E-state index in [4.69, 9.17) is 9.84 Å². The van der Waals surface area contributed by atoms with Crippen LogP contribution >= 0.6 is 11.8 Å². The summed E-state index contributed by atoms with van der Waals surface area (Å²) in [5.41, 5.74) is 2.63. The summed E-state index contributed by atoms with van der Waals surface area (Å²) in [5.74, 6) is 0.754. The van der Waals surface area contributed by atoms with Gasteiger partial charge in [-0.1, -0.05) is 24.3 Å². The number of thioether (sulfide) groups is 1. The summed E-state index contributed by atoms with van der Waals surface area (Å²) in [4.78, 5) is 10.4. The van der Waals surface area contributed by atoms with Crippen molar-refractivity contribution in [2.75, 3.05) is 18.1 Å². The molecule has 1 atom stereocenters. The quantitative estimate of drug-likeness (QED) is 0.818. The van der Waals surface area contributed by atoms with Crippen LogP contribution in [0.4, 0.5) is 0 Å². The first-order valence-corrected chi connectivity index (χ1v) is 6.92. The monoisotopic (exact) mass is 252 g/mol. The molecule has 4 heteroatoms. The SMILES string of the molecule is O=C(O)CCSCC1OCCc2ccccc21. The van der Waals surface area contributed by atoms with Crippen LogP contribution in [0.15, 0.2) is 24.3 Å². The molecule has 1 N–H and O–H groups in total. The Kier molecular flexibility index (Phi) is 4.45. The van der Waals surface area contributed by atoms with Gasteiger partial charge in [0, 0.05) is 11.5 Å². The molecule has 0 aliphatic carbocycles. The fraction of sp³-hybridized carbons (Fsp3) is 0.462. The number of hydrogen-bond donors (Lipinski definition) is 1. The first-order chi connectivity index (χ1) is 8.27. The van der Waals surface area contributed by atoms with E-state index in [-0.39, 0.29) is 12.5 Å². The minimum atomic E-state index is -0.734. The Balaban J connectivity index is 1.88. The fourth-order valence-corrected chi connectivity index (χ4v) is 2.94. The molecule has 0 saturated carbocycles. The Hall–Kier alpha value is -1.00. The van der Waals surface area contributed by atoms with Crippen LogP contribution in [0.3, 0.4) is 0 Å². The van der Waals surface area contributed by atoms with E-state index in [0.29, 0.717) is 5.75 Å². The van der Waals surface area contributed by atoms with E-state index >= 15 is 0 Å². The van der Waals surface area contributed by atoms with E-state index in [1.807, 2.05) is 6.07 Å². The van der Waals surface area contributed by atoms with Crippen molar-refractivity contribution in [3.8, 4) is 0 Å². The molecule has 1 aromatic carbocycles. The Morgan fingerprint density at radius 3 is 3.12 bits per heavy atom. The first kappa shape index (κ1) is 12.5. The maximum Gasteiger partial charge on any atom is 0.304 e. The average molecular weight is 252 g/mol. The number of carboxylic acids is 1. The van der Waals surface area contributed by atoms with Gasteiger partial charge in [0.25, 0.3) is 0 Å². The van der Waals surface area contributed by atoms with Crippen molar-refractivity contribution in [2.24, 2.45) is 0 Å². The molecular formula is C13H16O3S. The zero-order valence-electron chi connectivity index (χ0n) is 9.59. The topological polar surface area (TPSA) is 46.5 Å². The average Bonchev–Trinajstić information content (AvgIpc) is 2.34. The van der Waals surface area contributed by atoms with Gasteiger partial charge in [0.1, 0.15) is 0 Å². The third-order valence-electron chi connectivity index (χ3n) is 2.82. The molecule has 2 rings (SSSR count). The lowest BCUT2D eigenvalue weighted by molar-refractivity contribution is -0.136. The minimum Gasteiger partial charge on any atom is -0.481 e. The number of aliphatic carboxylic acids is 1. The largest absolute Gasteiger partial charge is 0.481 e. The van der Waals surface area contributed by atoms with Gasteiger partial charge < -0.3 is 9.84 Å². The van der Waals surface area contributed by atoms with Gasteiger partial charge in [0.05, 0.1) is 19.1 Å². The van der Waals surface area contributed by atoms with Crippen LogP contribution < -0.4 is 0 Å². The molecule has 17 heavy (non-hydrogen) atoms. The number of benzene rings is 1. The Labute approximate surface area is 105 Å². The lowest BCUT2D eigenvalue weighted by Gasteiger charge is -2.25. The van der Waals surface area contributed by atoms with Crippen molar-refractivity contribution in [1.82, 2.24) is 0 Å². The van der Waals surface area contributed by atoms with Crippen LogP contribution in [-0.4, -0.2) is 29.2 Å². The Bertz CT molecular complexity index is 392. The van der Waals surface area contributed by atoms with E-state index in [0.717, 1.165) is 18.8 Å². The molecule has 0 saturated heterocycles. The van der Waals surface area contributed by atoms with Crippen LogP contribution in [0.5, 0.6) is 0 Å². The van der Waals surface area contributed by atoms with Gasteiger partial charge in [0.15, 0.2) is 0 Å². The van der Waals surface area contributed by atoms with Crippen molar-refractivity contribution in [2.45, 2.75) is 18.9 Å². The summed E-state index contributed by atoms with van der Waals surface area (Å²) >= 11 is 1.65. The highest BCUT2D eigenvalue weighted by atomic mass is 32.2. The summed E-state index contributed by atoms with van der Waals surface area (Å²) < 4.78 is 5.74. The third-order valence-corrected chi connectivity index (χ3v) is 3.85. The van der Waals surface area contributed by atoms with Gasteiger partial charge in [-0.05, 0) is 17.5 Å². The second kappa shape index (κ2) is 6.07. The number of fused-ring (bicyclic) bond motifs is 1. The van der Waals surface area contributed by atoms with Crippen LogP contribution in [0, 0.1) is 0 Å². The van der Waals surface area contributed by atoms with Crippen molar-refractivity contribution < 1.29 is 14.6 Å². The Morgan fingerprint density at radius 1 is 1.47 bits per heavy atom.